The first kappa shape index (κ1) is 13.0. The highest BCUT2D eigenvalue weighted by Crippen LogP contribution is 2.29. The monoisotopic (exact) mass is 266 g/mol. The number of halogens is 3. The summed E-state index contributed by atoms with van der Waals surface area (Å²) in [5.41, 5.74) is 2.27. The maximum Gasteiger partial charge on any atom is 0.126 e. The van der Waals surface area contributed by atoms with Crippen LogP contribution in [0.3, 0.4) is 0 Å². The molecular weight excluding hydrogens is 254 g/mol. The molecule has 2 rings (SSSR count). The van der Waals surface area contributed by atoms with Crippen LogP contribution >= 0.6 is 11.6 Å². The summed E-state index contributed by atoms with van der Waals surface area (Å²) in [5.74, 6) is -0.868. The van der Waals surface area contributed by atoms with Crippen molar-refractivity contribution in [3.05, 3.63) is 58.6 Å². The Balaban J connectivity index is 2.56. The van der Waals surface area contributed by atoms with Crippen molar-refractivity contribution in [3.8, 4) is 11.1 Å². The molecule has 94 valence electrons. The van der Waals surface area contributed by atoms with Crippen LogP contribution < -0.4 is 0 Å². The molecule has 0 N–H and O–H groups in total. The Kier molecular flexibility index (Phi) is 3.67. The van der Waals surface area contributed by atoms with Gasteiger partial charge in [-0.05, 0) is 46.9 Å². The SMILES string of the molecule is CC(C)c1cc(Cl)cc(-c2cc(F)cc(F)c2)c1. The van der Waals surface area contributed by atoms with Crippen LogP contribution in [0.25, 0.3) is 11.1 Å². The van der Waals surface area contributed by atoms with Crippen molar-refractivity contribution in [2.45, 2.75) is 19.8 Å². The van der Waals surface area contributed by atoms with Crippen LogP contribution in [-0.2, 0) is 0 Å². The van der Waals surface area contributed by atoms with E-state index in [0.717, 1.165) is 17.2 Å². The molecule has 0 unspecified atom stereocenters. The van der Waals surface area contributed by atoms with E-state index in [1.165, 1.54) is 12.1 Å². The molecule has 0 saturated heterocycles. The van der Waals surface area contributed by atoms with Gasteiger partial charge < -0.3 is 0 Å². The second-order valence-electron chi connectivity index (χ2n) is 4.59. The lowest BCUT2D eigenvalue weighted by Gasteiger charge is -2.10. The average Bonchev–Trinajstić information content (AvgIpc) is 2.26. The molecule has 0 fully saturated rings. The van der Waals surface area contributed by atoms with Crippen molar-refractivity contribution in [2.24, 2.45) is 0 Å². The van der Waals surface area contributed by atoms with Crippen molar-refractivity contribution in [3.63, 3.8) is 0 Å². The molecular formula is C15H13ClF2. The third-order valence-electron chi connectivity index (χ3n) is 2.78. The van der Waals surface area contributed by atoms with Gasteiger partial charge >= 0.3 is 0 Å². The fourth-order valence-corrected chi connectivity index (χ4v) is 2.08. The smallest absolute Gasteiger partial charge is 0.126 e. The Hall–Kier alpha value is -1.41. The van der Waals surface area contributed by atoms with Crippen LogP contribution in [0.15, 0.2) is 36.4 Å². The van der Waals surface area contributed by atoms with Gasteiger partial charge in [0.1, 0.15) is 11.6 Å². The van der Waals surface area contributed by atoms with Gasteiger partial charge in [-0.2, -0.15) is 0 Å². The van der Waals surface area contributed by atoms with Crippen molar-refractivity contribution < 1.29 is 8.78 Å². The number of hydrogen-bond acceptors (Lipinski definition) is 0. The maximum absolute atomic E-state index is 13.2. The minimum absolute atomic E-state index is 0.306. The first-order valence-corrected chi connectivity index (χ1v) is 6.10. The Morgan fingerprint density at radius 2 is 1.39 bits per heavy atom. The van der Waals surface area contributed by atoms with E-state index < -0.39 is 11.6 Å². The molecule has 3 heteroatoms. The minimum Gasteiger partial charge on any atom is -0.207 e. The topological polar surface area (TPSA) is 0 Å². The summed E-state index contributed by atoms with van der Waals surface area (Å²) in [6.07, 6.45) is 0. The molecule has 0 nitrogen and oxygen atoms in total. The number of benzene rings is 2. The van der Waals surface area contributed by atoms with Gasteiger partial charge in [-0.25, -0.2) is 8.78 Å². The van der Waals surface area contributed by atoms with E-state index >= 15 is 0 Å². The molecule has 0 heterocycles. The Labute approximate surface area is 110 Å². The zero-order chi connectivity index (χ0) is 13.3. The second kappa shape index (κ2) is 5.07. The molecule has 0 spiro atoms. The van der Waals surface area contributed by atoms with Gasteiger partial charge in [0.2, 0.25) is 0 Å². The van der Waals surface area contributed by atoms with Crippen molar-refractivity contribution in [1.82, 2.24) is 0 Å². The summed E-state index contributed by atoms with van der Waals surface area (Å²) in [7, 11) is 0. The summed E-state index contributed by atoms with van der Waals surface area (Å²) >= 11 is 6.04. The third kappa shape index (κ3) is 2.88. The van der Waals surface area contributed by atoms with Gasteiger partial charge in [-0.1, -0.05) is 31.5 Å². The fraction of sp³-hybridized carbons (Fsp3) is 0.200. The standard InChI is InChI=1S/C15H13ClF2/c1-9(2)10-3-11(5-13(16)4-10)12-6-14(17)8-15(18)7-12/h3-9H,1-2H3. The number of hydrogen-bond donors (Lipinski definition) is 0. The molecule has 0 aromatic heterocycles. The Morgan fingerprint density at radius 3 is 1.94 bits per heavy atom. The van der Waals surface area contributed by atoms with E-state index in [-0.39, 0.29) is 0 Å². The molecule has 0 bridgehead atoms. The maximum atomic E-state index is 13.2. The lowest BCUT2D eigenvalue weighted by Crippen LogP contribution is -1.90. The average molecular weight is 267 g/mol. The summed E-state index contributed by atoms with van der Waals surface area (Å²) in [5, 5.41) is 0.570. The van der Waals surface area contributed by atoms with Crippen molar-refractivity contribution >= 4 is 11.6 Å². The number of rotatable bonds is 2. The van der Waals surface area contributed by atoms with Gasteiger partial charge in [0.05, 0.1) is 0 Å². The normalized spacial score (nSPS) is 11.0. The predicted octanol–water partition coefficient (Wildman–Crippen LogP) is 5.41. The van der Waals surface area contributed by atoms with E-state index in [4.69, 9.17) is 11.6 Å². The van der Waals surface area contributed by atoms with E-state index in [9.17, 15) is 8.78 Å². The highest BCUT2D eigenvalue weighted by molar-refractivity contribution is 6.31. The first-order chi connectivity index (χ1) is 8.45. The Bertz CT molecular complexity index is 556. The molecule has 2 aromatic carbocycles. The lowest BCUT2D eigenvalue weighted by atomic mass is 9.97. The quantitative estimate of drug-likeness (QED) is 0.682. The second-order valence-corrected chi connectivity index (χ2v) is 5.02. The molecule has 2 aromatic rings. The van der Waals surface area contributed by atoms with Gasteiger partial charge in [0, 0.05) is 11.1 Å². The van der Waals surface area contributed by atoms with E-state index in [0.29, 0.717) is 16.5 Å². The van der Waals surface area contributed by atoms with Gasteiger partial charge in [-0.15, -0.1) is 0 Å². The van der Waals surface area contributed by atoms with Crippen LogP contribution in [0, 0.1) is 11.6 Å². The van der Waals surface area contributed by atoms with Crippen molar-refractivity contribution in [2.75, 3.05) is 0 Å². The molecule has 0 saturated carbocycles. The highest BCUT2D eigenvalue weighted by Gasteiger charge is 2.07. The molecule has 0 aliphatic rings. The highest BCUT2D eigenvalue weighted by atomic mass is 35.5. The summed E-state index contributed by atoms with van der Waals surface area (Å²) in [4.78, 5) is 0. The molecule has 0 aliphatic carbocycles. The van der Waals surface area contributed by atoms with Crippen molar-refractivity contribution in [1.29, 1.82) is 0 Å². The van der Waals surface area contributed by atoms with Crippen LogP contribution in [0.1, 0.15) is 25.3 Å². The summed E-state index contributed by atoms with van der Waals surface area (Å²) in [6, 6.07) is 8.95. The molecule has 18 heavy (non-hydrogen) atoms. The third-order valence-corrected chi connectivity index (χ3v) is 3.00. The van der Waals surface area contributed by atoms with Crippen LogP contribution in [0.2, 0.25) is 5.02 Å². The van der Waals surface area contributed by atoms with Crippen LogP contribution in [0.4, 0.5) is 8.78 Å². The van der Waals surface area contributed by atoms with Gasteiger partial charge in [-0.3, -0.25) is 0 Å². The van der Waals surface area contributed by atoms with Gasteiger partial charge in [0.15, 0.2) is 0 Å². The summed E-state index contributed by atoms with van der Waals surface area (Å²) < 4.78 is 26.4. The first-order valence-electron chi connectivity index (χ1n) is 5.72. The zero-order valence-corrected chi connectivity index (χ0v) is 10.9. The molecule has 0 aliphatic heterocycles. The molecule has 0 radical (unpaired) electrons. The van der Waals surface area contributed by atoms with Crippen LogP contribution in [0.5, 0.6) is 0 Å². The van der Waals surface area contributed by atoms with Gasteiger partial charge in [0.25, 0.3) is 0 Å². The molecule has 0 atom stereocenters. The predicted molar refractivity (Wildman–Crippen MR) is 70.9 cm³/mol. The largest absolute Gasteiger partial charge is 0.207 e. The Morgan fingerprint density at radius 1 is 0.833 bits per heavy atom. The van der Waals surface area contributed by atoms with Crippen LogP contribution in [-0.4, -0.2) is 0 Å². The zero-order valence-electron chi connectivity index (χ0n) is 10.2. The minimum atomic E-state index is -0.587. The van der Waals surface area contributed by atoms with E-state index in [2.05, 4.69) is 0 Å². The fourth-order valence-electron chi connectivity index (χ4n) is 1.83. The molecule has 0 amide bonds. The summed E-state index contributed by atoms with van der Waals surface area (Å²) in [6.45, 7) is 4.09. The lowest BCUT2D eigenvalue weighted by molar-refractivity contribution is 0.584. The van der Waals surface area contributed by atoms with E-state index in [1.807, 2.05) is 26.0 Å². The van der Waals surface area contributed by atoms with E-state index in [1.54, 1.807) is 6.07 Å².